The SMILES string of the molecule is CCOC(=O)C1C(C(=O)OC)=C(C(=O)OC)N2C(=C3C(N(C)C)=CC2C2(C(=O)N(Cc4ccccc4)c4ccccc42)C3C(=O)OCC)C12C(=O)N(Cc1ccccc1)c1ccccc12. The van der Waals surface area contributed by atoms with Gasteiger partial charge in [-0.1, -0.05) is 97.1 Å². The van der Waals surface area contributed by atoms with Crippen molar-refractivity contribution in [3.63, 3.8) is 0 Å². The summed E-state index contributed by atoms with van der Waals surface area (Å²) in [7, 11) is 5.79. The lowest BCUT2D eigenvalue weighted by Gasteiger charge is -2.61. The molecule has 65 heavy (non-hydrogen) atoms. The molecule has 10 rings (SSSR count). The Bertz CT molecular complexity index is 2760. The number of esters is 4. The Morgan fingerprint density at radius 1 is 0.631 bits per heavy atom. The largest absolute Gasteiger partial charge is 0.466 e. The molecule has 0 radical (unpaired) electrons. The molecule has 2 spiro atoms. The molecule has 2 amide bonds. The molecule has 0 aromatic heterocycles. The number of para-hydroxylation sites is 2. The van der Waals surface area contributed by atoms with E-state index in [0.29, 0.717) is 28.2 Å². The van der Waals surface area contributed by atoms with E-state index in [1.807, 2.05) is 66.7 Å². The van der Waals surface area contributed by atoms with E-state index in [-0.39, 0.29) is 37.6 Å². The number of hydrogen-bond donors (Lipinski definition) is 0. The lowest BCUT2D eigenvalue weighted by atomic mass is 9.51. The fourth-order valence-electron chi connectivity index (χ4n) is 11.0. The highest BCUT2D eigenvalue weighted by atomic mass is 16.5. The summed E-state index contributed by atoms with van der Waals surface area (Å²) < 4.78 is 22.8. The van der Waals surface area contributed by atoms with Crippen molar-refractivity contribution in [2.45, 2.75) is 43.8 Å². The molecule has 0 saturated carbocycles. The molecule has 5 heterocycles. The molecule has 332 valence electrons. The Morgan fingerprint density at radius 2 is 1.12 bits per heavy atom. The highest BCUT2D eigenvalue weighted by Gasteiger charge is 2.76. The van der Waals surface area contributed by atoms with Crippen molar-refractivity contribution in [2.75, 3.05) is 51.3 Å². The minimum atomic E-state index is -2.22. The molecular weight excluding hydrogens is 829 g/mol. The first-order valence-corrected chi connectivity index (χ1v) is 21.5. The Kier molecular flexibility index (Phi) is 10.7. The van der Waals surface area contributed by atoms with Crippen LogP contribution in [0.3, 0.4) is 0 Å². The van der Waals surface area contributed by atoms with E-state index in [4.69, 9.17) is 18.9 Å². The highest BCUT2D eigenvalue weighted by Crippen LogP contribution is 2.68. The van der Waals surface area contributed by atoms with E-state index in [9.17, 15) is 9.59 Å². The Labute approximate surface area is 376 Å². The summed E-state index contributed by atoms with van der Waals surface area (Å²) in [6, 6.07) is 31.5. The number of amides is 2. The van der Waals surface area contributed by atoms with Crippen molar-refractivity contribution in [1.82, 2.24) is 9.80 Å². The lowest BCUT2D eigenvalue weighted by Crippen LogP contribution is -2.71. The van der Waals surface area contributed by atoms with Gasteiger partial charge in [0.15, 0.2) is 0 Å². The van der Waals surface area contributed by atoms with Gasteiger partial charge in [-0.15, -0.1) is 0 Å². The Morgan fingerprint density at radius 3 is 1.66 bits per heavy atom. The summed E-state index contributed by atoms with van der Waals surface area (Å²) in [6.45, 7) is 3.21. The number of allylic oxidation sites excluding steroid dienone is 1. The summed E-state index contributed by atoms with van der Waals surface area (Å²) in [5, 5.41) is 0. The van der Waals surface area contributed by atoms with Crippen LogP contribution in [0.4, 0.5) is 11.4 Å². The van der Waals surface area contributed by atoms with Gasteiger partial charge in [0.25, 0.3) is 0 Å². The van der Waals surface area contributed by atoms with Gasteiger partial charge in [-0.3, -0.25) is 19.2 Å². The first-order chi connectivity index (χ1) is 31.4. The molecular formula is C51H48N4O10. The number of methoxy groups -OCH3 is 2. The van der Waals surface area contributed by atoms with Gasteiger partial charge in [-0.05, 0) is 54.3 Å². The van der Waals surface area contributed by atoms with Crippen LogP contribution in [-0.2, 0) is 71.6 Å². The van der Waals surface area contributed by atoms with Crippen LogP contribution in [0.2, 0.25) is 0 Å². The van der Waals surface area contributed by atoms with Crippen molar-refractivity contribution in [1.29, 1.82) is 0 Å². The molecule has 14 heteroatoms. The van der Waals surface area contributed by atoms with Crippen LogP contribution in [0.1, 0.15) is 36.1 Å². The maximum Gasteiger partial charge on any atom is 0.355 e. The summed E-state index contributed by atoms with van der Waals surface area (Å²) in [4.78, 5) is 99.2. The predicted octanol–water partition coefficient (Wildman–Crippen LogP) is 5.33. The van der Waals surface area contributed by atoms with Gasteiger partial charge in [-0.25, -0.2) is 9.59 Å². The second kappa shape index (κ2) is 16.3. The molecule has 0 N–H and O–H groups in total. The standard InChI is InChI=1S/C51H48N4O10/c1-7-64-45(57)40-38-36(52(3)4)27-37(50(40)32-23-15-17-25-34(32)53(48(50)60)28-30-19-11-9-12-20-30)55-42(47(59)63-6)39(44(56)62-5)41(46(58)65-8-2)51(43(38)55)33-24-16-18-26-35(33)54(49(51)61)29-31-21-13-10-14-22-31/h9-27,37,40-41H,7-8,28-29H2,1-6H3. The fraction of sp³-hybridized carbons (Fsp3) is 0.294. The third-order valence-corrected chi connectivity index (χ3v) is 13.3. The zero-order valence-electron chi connectivity index (χ0n) is 36.9. The third-order valence-electron chi connectivity index (χ3n) is 13.3. The quantitative estimate of drug-likeness (QED) is 0.142. The Balaban J connectivity index is 1.48. The van der Waals surface area contributed by atoms with Crippen LogP contribution < -0.4 is 9.80 Å². The molecule has 4 aromatic rings. The number of anilines is 2. The zero-order valence-corrected chi connectivity index (χ0v) is 36.9. The molecule has 0 fully saturated rings. The van der Waals surface area contributed by atoms with Gasteiger partial charge in [0.05, 0.1) is 52.1 Å². The molecule has 14 nitrogen and oxygen atoms in total. The molecule has 5 atom stereocenters. The molecule has 5 aliphatic heterocycles. The van der Waals surface area contributed by atoms with Gasteiger partial charge < -0.3 is 38.5 Å². The number of benzene rings is 4. The Hall–Kier alpha value is -7.48. The van der Waals surface area contributed by atoms with E-state index in [1.165, 1.54) is 4.90 Å². The maximum atomic E-state index is 16.4. The predicted molar refractivity (Wildman–Crippen MR) is 237 cm³/mol. The summed E-state index contributed by atoms with van der Waals surface area (Å²) in [6.07, 6.45) is 1.79. The lowest BCUT2D eigenvalue weighted by molar-refractivity contribution is -0.158. The molecule has 1 aliphatic carbocycles. The minimum absolute atomic E-state index is 0.0447. The van der Waals surface area contributed by atoms with E-state index >= 15 is 19.2 Å². The number of likely N-dealkylation sites (N-methyl/N-ethyl adjacent to an activating group) is 1. The number of fused-ring (bicyclic) bond motifs is 3. The van der Waals surface area contributed by atoms with E-state index in [0.717, 1.165) is 25.3 Å². The summed E-state index contributed by atoms with van der Waals surface area (Å²) in [5.74, 6) is -8.38. The molecule has 0 saturated heterocycles. The average Bonchev–Trinajstić information content (AvgIpc) is 3.69. The van der Waals surface area contributed by atoms with Crippen LogP contribution in [0.15, 0.2) is 144 Å². The topological polar surface area (TPSA) is 152 Å². The van der Waals surface area contributed by atoms with E-state index < -0.39 is 75.7 Å². The zero-order chi connectivity index (χ0) is 45.9. The average molecular weight is 877 g/mol. The smallest absolute Gasteiger partial charge is 0.355 e. The summed E-state index contributed by atoms with van der Waals surface area (Å²) in [5.41, 5.74) is -1.11. The highest BCUT2D eigenvalue weighted by molar-refractivity contribution is 6.19. The molecule has 5 unspecified atom stereocenters. The first kappa shape index (κ1) is 42.8. The molecule has 4 aromatic carbocycles. The normalized spacial score (nSPS) is 23.6. The van der Waals surface area contributed by atoms with E-state index in [2.05, 4.69) is 0 Å². The number of ether oxygens (including phenoxy) is 4. The molecule has 2 bridgehead atoms. The second-order valence-electron chi connectivity index (χ2n) is 16.6. The number of carbonyl (C=O) groups excluding carboxylic acids is 6. The number of rotatable bonds is 11. The van der Waals surface area contributed by atoms with Crippen LogP contribution in [0.5, 0.6) is 0 Å². The van der Waals surface area contributed by atoms with E-state index in [1.54, 1.807) is 91.2 Å². The minimum Gasteiger partial charge on any atom is -0.466 e. The first-order valence-electron chi connectivity index (χ1n) is 21.5. The van der Waals surface area contributed by atoms with Crippen LogP contribution in [0.25, 0.3) is 0 Å². The number of hydrogen-bond acceptors (Lipinski definition) is 12. The maximum absolute atomic E-state index is 16.4. The van der Waals surface area contributed by atoms with Crippen LogP contribution >= 0.6 is 0 Å². The monoisotopic (exact) mass is 876 g/mol. The van der Waals surface area contributed by atoms with Crippen molar-refractivity contribution < 1.29 is 47.7 Å². The second-order valence-corrected chi connectivity index (χ2v) is 16.6. The third kappa shape index (κ3) is 5.92. The fourth-order valence-corrected chi connectivity index (χ4v) is 11.0. The molecule has 6 aliphatic rings. The van der Waals surface area contributed by atoms with Gasteiger partial charge in [0.1, 0.15) is 28.4 Å². The summed E-state index contributed by atoms with van der Waals surface area (Å²) >= 11 is 0. The van der Waals surface area contributed by atoms with Crippen molar-refractivity contribution in [3.05, 3.63) is 166 Å². The van der Waals surface area contributed by atoms with Gasteiger partial charge in [-0.2, -0.15) is 0 Å². The van der Waals surface area contributed by atoms with Gasteiger partial charge in [0.2, 0.25) is 11.8 Å². The van der Waals surface area contributed by atoms with Crippen molar-refractivity contribution in [3.8, 4) is 0 Å². The van der Waals surface area contributed by atoms with Crippen molar-refractivity contribution >= 4 is 47.1 Å². The van der Waals surface area contributed by atoms with Crippen LogP contribution in [-0.4, -0.2) is 93.1 Å². The number of carbonyl (C=O) groups is 6. The van der Waals surface area contributed by atoms with Gasteiger partial charge >= 0.3 is 23.9 Å². The van der Waals surface area contributed by atoms with Gasteiger partial charge in [0, 0.05) is 42.4 Å². The van der Waals surface area contributed by atoms with Crippen LogP contribution in [0, 0.1) is 11.8 Å². The number of nitrogens with zero attached hydrogens (tertiary/aromatic N) is 4. The van der Waals surface area contributed by atoms with Crippen molar-refractivity contribution in [2.24, 2.45) is 11.8 Å².